The van der Waals surface area contributed by atoms with Crippen molar-refractivity contribution in [2.75, 3.05) is 32.3 Å². The number of carbonyl (C=O) groups is 1. The SMILES string of the molecule is CCc1cccc(NC(=O)CSc2nnc(C(CC)N(C)C)n2-c2ccc(OC)cc2)c1. The molecule has 2 aromatic carbocycles. The molecule has 7 nitrogen and oxygen atoms in total. The maximum absolute atomic E-state index is 12.6. The van der Waals surface area contributed by atoms with Crippen molar-refractivity contribution in [2.45, 2.75) is 37.9 Å². The molecule has 1 heterocycles. The lowest BCUT2D eigenvalue weighted by Gasteiger charge is -2.23. The van der Waals surface area contributed by atoms with E-state index >= 15 is 0 Å². The minimum atomic E-state index is -0.0752. The predicted molar refractivity (Wildman–Crippen MR) is 130 cm³/mol. The van der Waals surface area contributed by atoms with E-state index in [1.165, 1.54) is 17.3 Å². The summed E-state index contributed by atoms with van der Waals surface area (Å²) < 4.78 is 7.33. The molecule has 0 bridgehead atoms. The van der Waals surface area contributed by atoms with Crippen LogP contribution in [0.4, 0.5) is 5.69 Å². The number of rotatable bonds is 10. The van der Waals surface area contributed by atoms with Crippen LogP contribution in [0.2, 0.25) is 0 Å². The van der Waals surface area contributed by atoms with Gasteiger partial charge in [-0.3, -0.25) is 14.3 Å². The summed E-state index contributed by atoms with van der Waals surface area (Å²) in [6.07, 6.45) is 1.82. The van der Waals surface area contributed by atoms with Gasteiger partial charge < -0.3 is 10.1 Å². The minimum absolute atomic E-state index is 0.0752. The normalized spacial score (nSPS) is 12.1. The molecule has 3 aromatic rings. The highest BCUT2D eigenvalue weighted by atomic mass is 32.2. The summed E-state index contributed by atoms with van der Waals surface area (Å²) in [6, 6.07) is 15.8. The number of carbonyl (C=O) groups excluding carboxylic acids is 1. The summed E-state index contributed by atoms with van der Waals surface area (Å²) in [5.74, 6) is 1.80. The standard InChI is InChI=1S/C24H31N5O2S/c1-6-17-9-8-10-18(15-17)25-22(30)16-32-24-27-26-23(21(7-2)28(3)4)29(24)19-11-13-20(31-5)14-12-19/h8-15,21H,6-7,16H2,1-5H3,(H,25,30). The van der Waals surface area contributed by atoms with Crippen molar-refractivity contribution in [3.8, 4) is 11.4 Å². The first-order chi connectivity index (χ1) is 15.5. The van der Waals surface area contributed by atoms with Crippen LogP contribution in [-0.4, -0.2) is 52.5 Å². The lowest BCUT2D eigenvalue weighted by molar-refractivity contribution is -0.113. The van der Waals surface area contributed by atoms with E-state index in [1.807, 2.05) is 61.1 Å². The fraction of sp³-hybridized carbons (Fsp3) is 0.375. The van der Waals surface area contributed by atoms with Gasteiger partial charge in [-0.15, -0.1) is 10.2 Å². The molecule has 0 aliphatic carbocycles. The Kier molecular flexibility index (Phi) is 8.30. The number of methoxy groups -OCH3 is 1. The zero-order chi connectivity index (χ0) is 23.1. The van der Waals surface area contributed by atoms with Crippen LogP contribution in [0.1, 0.15) is 37.7 Å². The first-order valence-corrected chi connectivity index (χ1v) is 11.7. The maximum Gasteiger partial charge on any atom is 0.234 e. The van der Waals surface area contributed by atoms with Gasteiger partial charge in [0.2, 0.25) is 5.91 Å². The molecular formula is C24H31N5O2S. The molecule has 1 atom stereocenters. The van der Waals surface area contributed by atoms with Crippen molar-refractivity contribution in [1.29, 1.82) is 0 Å². The molecule has 0 saturated carbocycles. The number of aryl methyl sites for hydroxylation is 1. The third-order valence-corrected chi connectivity index (χ3v) is 6.18. The van der Waals surface area contributed by atoms with Crippen LogP contribution in [0.3, 0.4) is 0 Å². The lowest BCUT2D eigenvalue weighted by Crippen LogP contribution is -2.23. The fourth-order valence-electron chi connectivity index (χ4n) is 3.54. The quantitative estimate of drug-likeness (QED) is 0.453. The second kappa shape index (κ2) is 11.2. The highest BCUT2D eigenvalue weighted by molar-refractivity contribution is 7.99. The molecule has 170 valence electrons. The van der Waals surface area contributed by atoms with Gasteiger partial charge in [-0.05, 0) is 68.9 Å². The smallest absolute Gasteiger partial charge is 0.234 e. The van der Waals surface area contributed by atoms with E-state index in [0.29, 0.717) is 5.16 Å². The molecular weight excluding hydrogens is 422 g/mol. The highest BCUT2D eigenvalue weighted by Gasteiger charge is 2.23. The second-order valence-corrected chi connectivity index (χ2v) is 8.60. The van der Waals surface area contributed by atoms with Crippen LogP contribution in [0.5, 0.6) is 5.75 Å². The summed E-state index contributed by atoms with van der Waals surface area (Å²) >= 11 is 1.38. The average Bonchev–Trinajstić information content (AvgIpc) is 3.21. The van der Waals surface area contributed by atoms with Gasteiger partial charge in [0, 0.05) is 11.4 Å². The molecule has 32 heavy (non-hydrogen) atoms. The number of hydrogen-bond acceptors (Lipinski definition) is 6. The van der Waals surface area contributed by atoms with Crippen molar-refractivity contribution in [3.63, 3.8) is 0 Å². The Labute approximate surface area is 194 Å². The highest BCUT2D eigenvalue weighted by Crippen LogP contribution is 2.29. The second-order valence-electron chi connectivity index (χ2n) is 7.65. The van der Waals surface area contributed by atoms with E-state index in [4.69, 9.17) is 4.74 Å². The van der Waals surface area contributed by atoms with Crippen molar-refractivity contribution in [2.24, 2.45) is 0 Å². The lowest BCUT2D eigenvalue weighted by atomic mass is 10.1. The average molecular weight is 454 g/mol. The first-order valence-electron chi connectivity index (χ1n) is 10.7. The van der Waals surface area contributed by atoms with E-state index in [0.717, 1.165) is 35.8 Å². The molecule has 0 aliphatic rings. The summed E-state index contributed by atoms with van der Waals surface area (Å²) in [5, 5.41) is 12.6. The third kappa shape index (κ3) is 5.69. The number of aromatic nitrogens is 3. The third-order valence-electron chi connectivity index (χ3n) is 5.25. The van der Waals surface area contributed by atoms with Gasteiger partial charge >= 0.3 is 0 Å². The Balaban J connectivity index is 1.83. The Morgan fingerprint density at radius 3 is 2.53 bits per heavy atom. The van der Waals surface area contributed by atoms with Gasteiger partial charge in [0.25, 0.3) is 0 Å². The van der Waals surface area contributed by atoms with Crippen LogP contribution in [0.15, 0.2) is 53.7 Å². The molecule has 0 radical (unpaired) electrons. The molecule has 0 aliphatic heterocycles. The van der Waals surface area contributed by atoms with Gasteiger partial charge in [0.1, 0.15) is 5.75 Å². The summed E-state index contributed by atoms with van der Waals surface area (Å²) in [4.78, 5) is 14.7. The number of amides is 1. The van der Waals surface area contributed by atoms with Crippen molar-refractivity contribution in [1.82, 2.24) is 19.7 Å². The van der Waals surface area contributed by atoms with E-state index in [1.54, 1.807) is 7.11 Å². The number of anilines is 1. The number of benzene rings is 2. The van der Waals surface area contributed by atoms with E-state index in [-0.39, 0.29) is 17.7 Å². The predicted octanol–water partition coefficient (Wildman–Crippen LogP) is 4.58. The van der Waals surface area contributed by atoms with E-state index in [9.17, 15) is 4.79 Å². The van der Waals surface area contributed by atoms with E-state index in [2.05, 4.69) is 40.3 Å². The van der Waals surface area contributed by atoms with Crippen LogP contribution in [0.25, 0.3) is 5.69 Å². The molecule has 0 saturated heterocycles. The van der Waals surface area contributed by atoms with Crippen LogP contribution in [0, 0.1) is 0 Å². The van der Waals surface area contributed by atoms with Gasteiger partial charge in [-0.2, -0.15) is 0 Å². The molecule has 8 heteroatoms. The van der Waals surface area contributed by atoms with Gasteiger partial charge in [0.05, 0.1) is 18.9 Å². The number of thioether (sulfide) groups is 1. The summed E-state index contributed by atoms with van der Waals surface area (Å²) in [7, 11) is 5.71. The Bertz CT molecular complexity index is 1030. The maximum atomic E-state index is 12.6. The van der Waals surface area contributed by atoms with Crippen molar-refractivity contribution in [3.05, 3.63) is 59.9 Å². The number of nitrogens with one attached hydrogen (secondary N) is 1. The van der Waals surface area contributed by atoms with Crippen LogP contribution >= 0.6 is 11.8 Å². The van der Waals surface area contributed by atoms with Gasteiger partial charge in [-0.25, -0.2) is 0 Å². The van der Waals surface area contributed by atoms with Crippen LogP contribution < -0.4 is 10.1 Å². The zero-order valence-corrected chi connectivity index (χ0v) is 20.1. The molecule has 1 amide bonds. The largest absolute Gasteiger partial charge is 0.497 e. The first kappa shape index (κ1) is 23.8. The van der Waals surface area contributed by atoms with Gasteiger partial charge in [-0.1, -0.05) is 37.7 Å². The molecule has 0 spiro atoms. The minimum Gasteiger partial charge on any atom is -0.497 e. The summed E-state index contributed by atoms with van der Waals surface area (Å²) in [6.45, 7) is 4.22. The topological polar surface area (TPSA) is 72.3 Å². The molecule has 1 unspecified atom stereocenters. The fourth-order valence-corrected chi connectivity index (χ4v) is 4.30. The molecule has 0 fully saturated rings. The number of nitrogens with zero attached hydrogens (tertiary/aromatic N) is 4. The van der Waals surface area contributed by atoms with Gasteiger partial charge in [0.15, 0.2) is 11.0 Å². The summed E-state index contributed by atoms with van der Waals surface area (Å²) in [5.41, 5.74) is 2.93. The Hall–Kier alpha value is -2.84. The zero-order valence-electron chi connectivity index (χ0n) is 19.3. The van der Waals surface area contributed by atoms with Crippen LogP contribution in [-0.2, 0) is 11.2 Å². The molecule has 3 rings (SSSR count). The molecule has 1 N–H and O–H groups in total. The monoisotopic (exact) mass is 453 g/mol. The Morgan fingerprint density at radius 1 is 1.16 bits per heavy atom. The van der Waals surface area contributed by atoms with Crippen molar-refractivity contribution < 1.29 is 9.53 Å². The molecule has 1 aromatic heterocycles. The Morgan fingerprint density at radius 2 is 1.91 bits per heavy atom. The number of ether oxygens (including phenoxy) is 1. The van der Waals surface area contributed by atoms with Crippen molar-refractivity contribution >= 4 is 23.4 Å². The number of hydrogen-bond donors (Lipinski definition) is 1. The van der Waals surface area contributed by atoms with E-state index < -0.39 is 0 Å².